The molecule has 0 saturated heterocycles. The second-order valence-electron chi connectivity index (χ2n) is 8.88. The maximum atomic E-state index is 13.3. The van der Waals surface area contributed by atoms with Gasteiger partial charge >= 0.3 is 0 Å². The van der Waals surface area contributed by atoms with E-state index in [1.54, 1.807) is 13.4 Å². The summed E-state index contributed by atoms with van der Waals surface area (Å²) in [5.74, 6) is 1.26. The van der Waals surface area contributed by atoms with Crippen molar-refractivity contribution in [3.63, 3.8) is 0 Å². The minimum atomic E-state index is -0.797. The van der Waals surface area contributed by atoms with Crippen molar-refractivity contribution in [2.24, 2.45) is 0 Å². The van der Waals surface area contributed by atoms with Gasteiger partial charge in [0.05, 0.1) is 25.5 Å². The van der Waals surface area contributed by atoms with E-state index in [2.05, 4.69) is 10.6 Å². The lowest BCUT2D eigenvalue weighted by Crippen LogP contribution is -2.48. The third-order valence-electron chi connectivity index (χ3n) is 6.04. The Balaban J connectivity index is 1.46. The van der Waals surface area contributed by atoms with E-state index >= 15 is 0 Å². The van der Waals surface area contributed by atoms with E-state index in [-0.39, 0.29) is 5.91 Å². The average Bonchev–Trinajstić information content (AvgIpc) is 3.44. The van der Waals surface area contributed by atoms with Gasteiger partial charge in [0.25, 0.3) is 5.91 Å². The molecule has 1 aromatic heterocycles. The minimum Gasteiger partial charge on any atom is -0.497 e. The van der Waals surface area contributed by atoms with Crippen molar-refractivity contribution in [1.82, 2.24) is 10.6 Å². The lowest BCUT2D eigenvalue weighted by atomic mass is 9.99. The molecule has 2 unspecified atom stereocenters. The van der Waals surface area contributed by atoms with Crippen LogP contribution in [0.4, 0.5) is 0 Å². The molecule has 4 rings (SSSR count). The first-order chi connectivity index (χ1) is 17.5. The standard InChI is InChI=1S/C30H32N2O4/c1-21-14-24(29-12-7-13-36-29)18-25(15-21)30(34)32-27(17-22-8-4-3-5-9-22)28(33)20-31-19-23-10-6-11-26(16-23)35-2/h3-16,18,27-28,31,33H,17,19-20H2,1-2H3,(H,32,34). The number of ether oxygens (including phenoxy) is 1. The van der Waals surface area contributed by atoms with Crippen molar-refractivity contribution in [3.05, 3.63) is 113 Å². The fraction of sp³-hybridized carbons (Fsp3) is 0.233. The second kappa shape index (κ2) is 12.2. The monoisotopic (exact) mass is 484 g/mol. The first-order valence-corrected chi connectivity index (χ1v) is 12.0. The van der Waals surface area contributed by atoms with E-state index in [1.807, 2.05) is 91.9 Å². The Morgan fingerprint density at radius 2 is 1.78 bits per heavy atom. The zero-order valence-electron chi connectivity index (χ0n) is 20.6. The average molecular weight is 485 g/mol. The number of aryl methyl sites for hydroxylation is 1. The molecular formula is C30H32N2O4. The molecule has 36 heavy (non-hydrogen) atoms. The highest BCUT2D eigenvalue weighted by Gasteiger charge is 2.23. The molecule has 0 radical (unpaired) electrons. The van der Waals surface area contributed by atoms with Crippen LogP contribution in [-0.2, 0) is 13.0 Å². The van der Waals surface area contributed by atoms with Crippen LogP contribution in [0.5, 0.6) is 5.75 Å². The van der Waals surface area contributed by atoms with Gasteiger partial charge in [-0.3, -0.25) is 4.79 Å². The van der Waals surface area contributed by atoms with Gasteiger partial charge < -0.3 is 24.9 Å². The molecule has 6 nitrogen and oxygen atoms in total. The molecule has 0 saturated carbocycles. The lowest BCUT2D eigenvalue weighted by molar-refractivity contribution is 0.0830. The fourth-order valence-electron chi connectivity index (χ4n) is 4.19. The third-order valence-corrected chi connectivity index (χ3v) is 6.04. The summed E-state index contributed by atoms with van der Waals surface area (Å²) in [6, 6.07) is 26.5. The number of aliphatic hydroxyl groups excluding tert-OH is 1. The minimum absolute atomic E-state index is 0.237. The SMILES string of the molecule is COc1cccc(CNCC(O)C(Cc2ccccc2)NC(=O)c2cc(C)cc(-c3ccco3)c2)c1. The number of benzene rings is 3. The zero-order chi connectivity index (χ0) is 25.3. The lowest BCUT2D eigenvalue weighted by Gasteiger charge is -2.25. The van der Waals surface area contributed by atoms with Crippen LogP contribution in [0, 0.1) is 6.92 Å². The van der Waals surface area contributed by atoms with Crippen LogP contribution in [-0.4, -0.2) is 36.8 Å². The van der Waals surface area contributed by atoms with Gasteiger partial charge in [-0.25, -0.2) is 0 Å². The molecule has 0 spiro atoms. The Kier molecular flexibility index (Phi) is 8.55. The normalized spacial score (nSPS) is 12.6. The molecule has 1 amide bonds. The van der Waals surface area contributed by atoms with Crippen LogP contribution in [0.15, 0.2) is 95.6 Å². The smallest absolute Gasteiger partial charge is 0.251 e. The van der Waals surface area contributed by atoms with Gasteiger partial charge in [-0.1, -0.05) is 42.5 Å². The first-order valence-electron chi connectivity index (χ1n) is 12.0. The Labute approximate surface area is 211 Å². The number of amides is 1. The largest absolute Gasteiger partial charge is 0.497 e. The van der Waals surface area contributed by atoms with Crippen molar-refractivity contribution >= 4 is 5.91 Å². The van der Waals surface area contributed by atoms with E-state index < -0.39 is 12.1 Å². The maximum absolute atomic E-state index is 13.3. The molecule has 0 aliphatic heterocycles. The molecule has 2 atom stereocenters. The highest BCUT2D eigenvalue weighted by Crippen LogP contribution is 2.23. The summed E-state index contributed by atoms with van der Waals surface area (Å²) in [6.07, 6.45) is 1.32. The van der Waals surface area contributed by atoms with Crippen LogP contribution in [0.3, 0.4) is 0 Å². The van der Waals surface area contributed by atoms with E-state index in [0.29, 0.717) is 30.8 Å². The molecule has 0 aliphatic carbocycles. The highest BCUT2D eigenvalue weighted by molar-refractivity contribution is 5.95. The van der Waals surface area contributed by atoms with Crippen molar-refractivity contribution in [3.8, 4) is 17.1 Å². The summed E-state index contributed by atoms with van der Waals surface area (Å²) < 4.78 is 10.8. The number of hydrogen-bond acceptors (Lipinski definition) is 5. The van der Waals surface area contributed by atoms with Gasteiger partial charge in [-0.05, 0) is 72.5 Å². The molecule has 0 fully saturated rings. The van der Waals surface area contributed by atoms with Crippen molar-refractivity contribution < 1.29 is 19.1 Å². The van der Waals surface area contributed by atoms with Gasteiger partial charge in [-0.2, -0.15) is 0 Å². The molecule has 0 aliphatic rings. The second-order valence-corrected chi connectivity index (χ2v) is 8.88. The number of furan rings is 1. The van der Waals surface area contributed by atoms with Gasteiger partial charge in [-0.15, -0.1) is 0 Å². The Morgan fingerprint density at radius 3 is 2.53 bits per heavy atom. The molecule has 0 bridgehead atoms. The van der Waals surface area contributed by atoms with Gasteiger partial charge in [0.15, 0.2) is 0 Å². The number of carbonyl (C=O) groups excluding carboxylic acids is 1. The van der Waals surface area contributed by atoms with Crippen LogP contribution in [0.25, 0.3) is 11.3 Å². The van der Waals surface area contributed by atoms with Crippen LogP contribution in [0.2, 0.25) is 0 Å². The predicted octanol–water partition coefficient (Wildman–Crippen LogP) is 4.76. The zero-order valence-corrected chi connectivity index (χ0v) is 20.6. The number of nitrogens with one attached hydrogen (secondary N) is 2. The summed E-state index contributed by atoms with van der Waals surface area (Å²) in [6.45, 7) is 2.84. The van der Waals surface area contributed by atoms with E-state index in [9.17, 15) is 9.90 Å². The van der Waals surface area contributed by atoms with Gasteiger partial charge in [0, 0.05) is 24.2 Å². The Bertz CT molecular complexity index is 1260. The number of rotatable bonds is 11. The van der Waals surface area contributed by atoms with E-state index in [0.717, 1.165) is 28.0 Å². The van der Waals surface area contributed by atoms with Crippen LogP contribution in [0.1, 0.15) is 27.0 Å². The van der Waals surface area contributed by atoms with Crippen molar-refractivity contribution in [2.45, 2.75) is 32.0 Å². The molecule has 3 aromatic carbocycles. The molecule has 1 heterocycles. The highest BCUT2D eigenvalue weighted by atomic mass is 16.5. The Morgan fingerprint density at radius 1 is 0.972 bits per heavy atom. The number of methoxy groups -OCH3 is 1. The number of hydrogen-bond donors (Lipinski definition) is 3. The van der Waals surface area contributed by atoms with E-state index in [4.69, 9.17) is 9.15 Å². The summed E-state index contributed by atoms with van der Waals surface area (Å²) in [5, 5.41) is 17.5. The number of carbonyl (C=O) groups is 1. The third kappa shape index (κ3) is 6.84. The fourth-order valence-corrected chi connectivity index (χ4v) is 4.19. The predicted molar refractivity (Wildman–Crippen MR) is 141 cm³/mol. The molecular weight excluding hydrogens is 452 g/mol. The number of aliphatic hydroxyl groups is 1. The summed E-state index contributed by atoms with van der Waals surface area (Å²) in [4.78, 5) is 13.3. The Hall–Kier alpha value is -3.87. The van der Waals surface area contributed by atoms with E-state index in [1.165, 1.54) is 0 Å². The van der Waals surface area contributed by atoms with Crippen LogP contribution >= 0.6 is 0 Å². The maximum Gasteiger partial charge on any atom is 0.251 e. The summed E-state index contributed by atoms with van der Waals surface area (Å²) in [7, 11) is 1.64. The molecule has 6 heteroatoms. The quantitative estimate of drug-likeness (QED) is 0.286. The molecule has 3 N–H and O–H groups in total. The topological polar surface area (TPSA) is 83.7 Å². The van der Waals surface area contributed by atoms with Crippen molar-refractivity contribution in [1.29, 1.82) is 0 Å². The molecule has 186 valence electrons. The van der Waals surface area contributed by atoms with Gasteiger partial charge in [0.2, 0.25) is 0 Å². The summed E-state index contributed by atoms with van der Waals surface area (Å²) >= 11 is 0. The van der Waals surface area contributed by atoms with Crippen molar-refractivity contribution in [2.75, 3.05) is 13.7 Å². The molecule has 4 aromatic rings. The first kappa shape index (κ1) is 25.2. The van der Waals surface area contributed by atoms with Gasteiger partial charge in [0.1, 0.15) is 11.5 Å². The van der Waals surface area contributed by atoms with Crippen LogP contribution < -0.4 is 15.4 Å². The summed E-state index contributed by atoms with van der Waals surface area (Å²) in [5.41, 5.74) is 4.40.